The molecule has 0 fully saturated rings. The van der Waals surface area contributed by atoms with Crippen molar-refractivity contribution in [2.24, 2.45) is 0 Å². The van der Waals surface area contributed by atoms with Crippen molar-refractivity contribution in [2.45, 2.75) is 31.9 Å². The molecular weight excluding hydrogens is 395 g/mol. The average molecular weight is 413 g/mol. The summed E-state index contributed by atoms with van der Waals surface area (Å²) < 4.78 is 43.5. The van der Waals surface area contributed by atoms with Crippen molar-refractivity contribution in [3.8, 4) is 11.1 Å². The number of halogens is 3. The number of amides is 1. The molecule has 1 aliphatic rings. The molecule has 154 valence electrons. The second-order valence-electron chi connectivity index (χ2n) is 7.62. The molecule has 3 aromatic rings. The van der Waals surface area contributed by atoms with Crippen LogP contribution in [0.5, 0.6) is 0 Å². The van der Waals surface area contributed by atoms with Crippen molar-refractivity contribution in [1.82, 2.24) is 0 Å². The zero-order valence-corrected chi connectivity index (χ0v) is 16.3. The van der Waals surface area contributed by atoms with E-state index in [0.717, 1.165) is 17.2 Å². The Bertz CT molecular complexity index is 1160. The number of fused-ring (bicyclic) bond motifs is 1. The first-order valence-corrected chi connectivity index (χ1v) is 9.31. The van der Waals surface area contributed by atoms with Crippen molar-refractivity contribution in [1.29, 1.82) is 0 Å². The van der Waals surface area contributed by atoms with Crippen LogP contribution in [0.25, 0.3) is 11.1 Å². The maximum atomic E-state index is 12.9. The van der Waals surface area contributed by atoms with Gasteiger partial charge in [0.1, 0.15) is 5.76 Å². The van der Waals surface area contributed by atoms with Crippen LogP contribution in [0.15, 0.2) is 59.0 Å². The summed E-state index contributed by atoms with van der Waals surface area (Å²) in [5.41, 5.74) is 2.36. The van der Waals surface area contributed by atoms with Gasteiger partial charge in [-0.15, -0.1) is 0 Å². The number of carbonyl (C=O) groups is 2. The highest BCUT2D eigenvalue weighted by Crippen LogP contribution is 2.43. The maximum Gasteiger partial charge on any atom is 0.449 e. The number of alkyl halides is 3. The highest BCUT2D eigenvalue weighted by Gasteiger charge is 2.44. The molecule has 0 spiro atoms. The molecule has 0 bridgehead atoms. The Labute approximate surface area is 170 Å². The van der Waals surface area contributed by atoms with Crippen molar-refractivity contribution >= 4 is 17.4 Å². The number of carbonyl (C=O) groups excluding carboxylic acids is 2. The second kappa shape index (κ2) is 6.86. The molecule has 4 nitrogen and oxygen atoms in total. The number of benzene rings is 2. The fraction of sp³-hybridized carbons (Fsp3) is 0.217. The first-order chi connectivity index (χ1) is 14.1. The molecule has 0 aliphatic carbocycles. The second-order valence-corrected chi connectivity index (χ2v) is 7.62. The SMILES string of the molecule is CC(=O)c1cccc(-c2ccc3c(c2)C(C)(Cc2ccc(C(F)(F)F)o2)C(=O)N3)c1. The zero-order valence-electron chi connectivity index (χ0n) is 16.3. The van der Waals surface area contributed by atoms with Crippen LogP contribution in [0.2, 0.25) is 0 Å². The number of anilines is 1. The Balaban J connectivity index is 1.72. The smallest absolute Gasteiger partial charge is 0.449 e. The normalized spacial score (nSPS) is 18.2. The fourth-order valence-electron chi connectivity index (χ4n) is 3.74. The molecular formula is C23H18F3NO3. The number of furan rings is 1. The molecule has 0 radical (unpaired) electrons. The standard InChI is InChI=1S/C23H18F3NO3/c1-13(28)14-4-3-5-15(10-14)16-6-8-19-18(11-16)22(2,21(29)27-19)12-17-7-9-20(30-17)23(24,25)26/h3-11H,12H2,1-2H3,(H,27,29). The van der Waals surface area contributed by atoms with Crippen LogP contribution in [0.4, 0.5) is 18.9 Å². The molecule has 2 heterocycles. The van der Waals surface area contributed by atoms with Gasteiger partial charge < -0.3 is 9.73 Å². The predicted molar refractivity (Wildman–Crippen MR) is 105 cm³/mol. The summed E-state index contributed by atoms with van der Waals surface area (Å²) in [6.07, 6.45) is -4.59. The molecule has 2 aromatic carbocycles. The van der Waals surface area contributed by atoms with Crippen LogP contribution in [-0.2, 0) is 22.8 Å². The monoisotopic (exact) mass is 413 g/mol. The van der Waals surface area contributed by atoms with Gasteiger partial charge in [-0.2, -0.15) is 13.2 Å². The highest BCUT2D eigenvalue weighted by molar-refractivity contribution is 6.06. The first kappa shape index (κ1) is 19.9. The number of hydrogen-bond acceptors (Lipinski definition) is 3. The van der Waals surface area contributed by atoms with E-state index < -0.39 is 17.4 Å². The maximum absolute atomic E-state index is 12.9. The number of nitrogens with one attached hydrogen (secondary N) is 1. The number of hydrogen-bond donors (Lipinski definition) is 1. The van der Waals surface area contributed by atoms with E-state index in [-0.39, 0.29) is 23.9 Å². The third-order valence-electron chi connectivity index (χ3n) is 5.43. The Morgan fingerprint density at radius 3 is 2.47 bits per heavy atom. The lowest BCUT2D eigenvalue weighted by Crippen LogP contribution is -2.33. The summed E-state index contributed by atoms with van der Waals surface area (Å²) in [5, 5.41) is 2.80. The van der Waals surface area contributed by atoms with Gasteiger partial charge in [-0.1, -0.05) is 24.3 Å². The van der Waals surface area contributed by atoms with Crippen LogP contribution in [0.3, 0.4) is 0 Å². The van der Waals surface area contributed by atoms with Gasteiger partial charge in [-0.05, 0) is 60.9 Å². The Hall–Kier alpha value is -3.35. The van der Waals surface area contributed by atoms with Crippen molar-refractivity contribution in [3.05, 3.63) is 77.2 Å². The largest absolute Gasteiger partial charge is 0.456 e. The lowest BCUT2D eigenvalue weighted by atomic mass is 9.79. The quantitative estimate of drug-likeness (QED) is 0.565. The van der Waals surface area contributed by atoms with E-state index in [1.807, 2.05) is 18.2 Å². The Morgan fingerprint density at radius 2 is 1.80 bits per heavy atom. The molecule has 30 heavy (non-hydrogen) atoms. The van der Waals surface area contributed by atoms with E-state index in [9.17, 15) is 22.8 Å². The molecule has 1 aliphatic heterocycles. The van der Waals surface area contributed by atoms with E-state index >= 15 is 0 Å². The average Bonchev–Trinajstić information content (AvgIpc) is 3.25. The van der Waals surface area contributed by atoms with Crippen LogP contribution in [-0.4, -0.2) is 11.7 Å². The van der Waals surface area contributed by atoms with Crippen LogP contribution in [0.1, 0.15) is 41.3 Å². The Kier molecular flexibility index (Phi) is 4.56. The molecule has 0 saturated carbocycles. The highest BCUT2D eigenvalue weighted by atomic mass is 19.4. The minimum atomic E-state index is -4.58. The molecule has 1 aromatic heterocycles. The van der Waals surface area contributed by atoms with Gasteiger partial charge in [0.15, 0.2) is 5.78 Å². The summed E-state index contributed by atoms with van der Waals surface area (Å²) >= 11 is 0. The lowest BCUT2D eigenvalue weighted by Gasteiger charge is -2.21. The minimum absolute atomic E-state index is 0.0150. The van der Waals surface area contributed by atoms with Gasteiger partial charge in [0, 0.05) is 17.7 Å². The van der Waals surface area contributed by atoms with Gasteiger partial charge in [-0.25, -0.2) is 0 Å². The summed E-state index contributed by atoms with van der Waals surface area (Å²) in [6, 6.07) is 14.7. The van der Waals surface area contributed by atoms with Crippen molar-refractivity contribution < 1.29 is 27.2 Å². The zero-order chi connectivity index (χ0) is 21.7. The van der Waals surface area contributed by atoms with Gasteiger partial charge in [0.05, 0.1) is 5.41 Å². The van der Waals surface area contributed by atoms with Crippen molar-refractivity contribution in [2.75, 3.05) is 5.32 Å². The third-order valence-corrected chi connectivity index (χ3v) is 5.43. The molecule has 4 rings (SSSR count). The van der Waals surface area contributed by atoms with Gasteiger partial charge >= 0.3 is 6.18 Å². The lowest BCUT2D eigenvalue weighted by molar-refractivity contribution is -0.153. The molecule has 1 unspecified atom stereocenters. The van der Waals surface area contributed by atoms with Gasteiger partial charge in [0.25, 0.3) is 0 Å². The first-order valence-electron chi connectivity index (χ1n) is 9.31. The Morgan fingerprint density at radius 1 is 1.07 bits per heavy atom. The van der Waals surface area contributed by atoms with E-state index in [2.05, 4.69) is 5.32 Å². The number of rotatable bonds is 4. The van der Waals surface area contributed by atoms with Gasteiger partial charge in [0.2, 0.25) is 11.7 Å². The van der Waals surface area contributed by atoms with Gasteiger partial charge in [-0.3, -0.25) is 9.59 Å². The van der Waals surface area contributed by atoms with Crippen molar-refractivity contribution in [3.63, 3.8) is 0 Å². The minimum Gasteiger partial charge on any atom is -0.456 e. The number of Topliss-reactive ketones (excluding diaryl/α,β-unsaturated/α-hetero) is 1. The summed E-state index contributed by atoms with van der Waals surface area (Å²) in [5.74, 6) is -1.37. The molecule has 1 atom stereocenters. The molecule has 7 heteroatoms. The van der Waals surface area contributed by atoms with E-state index in [4.69, 9.17) is 4.42 Å². The third kappa shape index (κ3) is 3.40. The van der Waals surface area contributed by atoms with Crippen LogP contribution in [0, 0.1) is 0 Å². The van der Waals surface area contributed by atoms with E-state index in [1.165, 1.54) is 13.0 Å². The summed E-state index contributed by atoms with van der Waals surface area (Å²) in [4.78, 5) is 24.4. The van der Waals surface area contributed by atoms with Crippen LogP contribution < -0.4 is 5.32 Å². The number of ketones is 1. The molecule has 1 N–H and O–H groups in total. The molecule has 1 amide bonds. The summed E-state index contributed by atoms with van der Waals surface area (Å²) in [7, 11) is 0. The fourth-order valence-corrected chi connectivity index (χ4v) is 3.74. The predicted octanol–water partition coefficient (Wildman–Crippen LogP) is 5.62. The van der Waals surface area contributed by atoms with E-state index in [0.29, 0.717) is 16.8 Å². The molecule has 0 saturated heterocycles. The van der Waals surface area contributed by atoms with E-state index in [1.54, 1.807) is 31.2 Å². The topological polar surface area (TPSA) is 59.3 Å². The summed E-state index contributed by atoms with van der Waals surface area (Å²) in [6.45, 7) is 3.17. The van der Waals surface area contributed by atoms with Crippen LogP contribution >= 0.6 is 0 Å².